The molecule has 32 heavy (non-hydrogen) atoms. The van der Waals surface area contributed by atoms with Gasteiger partial charge in [0.1, 0.15) is 0 Å². The first-order valence-electron chi connectivity index (χ1n) is 9.59. The smallest absolute Gasteiger partial charge is 0.369 e. The van der Waals surface area contributed by atoms with Crippen molar-refractivity contribution < 1.29 is 32.3 Å². The van der Waals surface area contributed by atoms with Crippen LogP contribution in [0.15, 0.2) is 47.7 Å². The first-order valence-corrected chi connectivity index (χ1v) is 10.00. The van der Waals surface area contributed by atoms with E-state index in [0.29, 0.717) is 10.8 Å². The molecule has 0 radical (unpaired) electrons. The van der Waals surface area contributed by atoms with Crippen molar-refractivity contribution in [3.05, 3.63) is 58.8 Å². The molecule has 2 heterocycles. The van der Waals surface area contributed by atoms with Gasteiger partial charge in [-0.1, -0.05) is 31.2 Å². The van der Waals surface area contributed by atoms with Crippen LogP contribution in [0.3, 0.4) is 0 Å². The number of carbonyl (C=O) groups is 3. The molecule has 2 aliphatic rings. The molecule has 4 rings (SSSR count). The lowest BCUT2D eigenvalue weighted by atomic mass is 9.93. The molecule has 0 bridgehead atoms. The summed E-state index contributed by atoms with van der Waals surface area (Å²) in [5, 5.41) is 6.60. The van der Waals surface area contributed by atoms with E-state index in [0.717, 1.165) is 4.90 Å². The van der Waals surface area contributed by atoms with Crippen LogP contribution in [-0.4, -0.2) is 46.7 Å². The Labute approximate surface area is 185 Å². The second-order valence-corrected chi connectivity index (χ2v) is 7.57. The molecule has 0 aliphatic carbocycles. The van der Waals surface area contributed by atoms with Crippen LogP contribution in [0.1, 0.15) is 34.1 Å². The molecule has 2 aliphatic heterocycles. The maximum absolute atomic E-state index is 13.1. The lowest BCUT2D eigenvalue weighted by Crippen LogP contribution is -2.56. The molecule has 0 aromatic heterocycles. The molecule has 166 valence electrons. The van der Waals surface area contributed by atoms with Crippen molar-refractivity contribution in [1.29, 1.82) is 0 Å². The lowest BCUT2D eigenvalue weighted by molar-refractivity contribution is -0.303. The maximum Gasteiger partial charge on any atom is 0.575 e. The second-order valence-electron chi connectivity index (χ2n) is 7.16. The van der Waals surface area contributed by atoms with Gasteiger partial charge in [0.25, 0.3) is 11.8 Å². The van der Waals surface area contributed by atoms with Crippen LogP contribution in [0.25, 0.3) is 10.8 Å². The average molecular weight is 463 g/mol. The van der Waals surface area contributed by atoms with Gasteiger partial charge in [-0.3, -0.25) is 14.5 Å². The monoisotopic (exact) mass is 463 g/mol. The van der Waals surface area contributed by atoms with E-state index in [4.69, 9.17) is 12.2 Å². The number of amides is 2. The zero-order valence-electron chi connectivity index (χ0n) is 16.6. The van der Waals surface area contributed by atoms with E-state index in [9.17, 15) is 27.6 Å². The number of ether oxygens (including phenoxy) is 1. The number of thiocarbonyl (C=S) groups is 1. The predicted molar refractivity (Wildman–Crippen MR) is 111 cm³/mol. The summed E-state index contributed by atoms with van der Waals surface area (Å²) >= 11 is 5.10. The fourth-order valence-electron chi connectivity index (χ4n) is 3.95. The lowest BCUT2D eigenvalue weighted by Gasteiger charge is -2.35. The van der Waals surface area contributed by atoms with E-state index >= 15 is 0 Å². The van der Waals surface area contributed by atoms with E-state index in [-0.39, 0.29) is 33.9 Å². The van der Waals surface area contributed by atoms with Gasteiger partial charge in [0.2, 0.25) is 0 Å². The average Bonchev–Trinajstić information content (AvgIpc) is 2.73. The minimum atomic E-state index is -5.20. The zero-order valence-corrected chi connectivity index (χ0v) is 17.4. The van der Waals surface area contributed by atoms with Gasteiger partial charge < -0.3 is 15.4 Å². The molecule has 0 saturated carbocycles. The number of halogens is 3. The molecule has 1 atom stereocenters. The van der Waals surface area contributed by atoms with E-state index in [1.54, 1.807) is 43.3 Å². The quantitative estimate of drug-likeness (QED) is 0.410. The summed E-state index contributed by atoms with van der Waals surface area (Å²) in [5.41, 5.74) is 0.310. The van der Waals surface area contributed by atoms with Crippen molar-refractivity contribution in [2.45, 2.75) is 25.7 Å². The molecule has 11 heteroatoms. The third kappa shape index (κ3) is 3.79. The van der Waals surface area contributed by atoms with Gasteiger partial charge >= 0.3 is 12.3 Å². The fraction of sp³-hybridized carbons (Fsp3) is 0.238. The van der Waals surface area contributed by atoms with E-state index in [2.05, 4.69) is 15.4 Å². The Bertz CT molecular complexity index is 1160. The Kier molecular flexibility index (Phi) is 5.37. The summed E-state index contributed by atoms with van der Waals surface area (Å²) in [6.45, 7) is 1.19. The minimum Gasteiger partial charge on any atom is -0.369 e. The van der Waals surface area contributed by atoms with Crippen LogP contribution in [-0.2, 0) is 9.53 Å². The number of nitrogens with zero attached hydrogens (tertiary/aromatic N) is 1. The van der Waals surface area contributed by atoms with Crippen molar-refractivity contribution >= 4 is 45.9 Å². The van der Waals surface area contributed by atoms with Gasteiger partial charge in [0.15, 0.2) is 5.11 Å². The number of alkyl halides is 3. The van der Waals surface area contributed by atoms with Crippen LogP contribution in [0, 0.1) is 0 Å². The van der Waals surface area contributed by atoms with Gasteiger partial charge in [0.05, 0.1) is 18.2 Å². The Balaban J connectivity index is 1.73. The first-order chi connectivity index (χ1) is 15.1. The Morgan fingerprint density at radius 1 is 1.12 bits per heavy atom. The van der Waals surface area contributed by atoms with Gasteiger partial charge in [-0.25, -0.2) is 4.79 Å². The zero-order chi connectivity index (χ0) is 23.2. The predicted octanol–water partition coefficient (Wildman–Crippen LogP) is 3.01. The van der Waals surface area contributed by atoms with Crippen LogP contribution in [0.2, 0.25) is 0 Å². The molecule has 2 amide bonds. The van der Waals surface area contributed by atoms with Crippen molar-refractivity contribution in [3.8, 4) is 0 Å². The first kappa shape index (κ1) is 21.8. The minimum absolute atomic E-state index is 0.0508. The molecule has 7 nitrogen and oxygen atoms in total. The number of esters is 1. The third-order valence-electron chi connectivity index (χ3n) is 5.25. The van der Waals surface area contributed by atoms with Crippen LogP contribution in [0.5, 0.6) is 0 Å². The van der Waals surface area contributed by atoms with Crippen LogP contribution < -0.4 is 10.6 Å². The molecular weight excluding hydrogens is 447 g/mol. The number of benzene rings is 2. The largest absolute Gasteiger partial charge is 0.575 e. The highest BCUT2D eigenvalue weighted by Gasteiger charge is 2.42. The number of nitrogens with one attached hydrogen (secondary N) is 2. The standard InChI is InChI=1S/C21H16F3N3O4S/c1-2-13-16(19(30)31-21(22,23)24)14(26-20(32)25-13)9-27-17(28)11-7-3-5-10-6-4-8-12(15(10)11)18(27)29/h3-8,14H,2,9H2,1H3,(H2,25,26,32). The molecule has 0 fully saturated rings. The summed E-state index contributed by atoms with van der Waals surface area (Å²) in [6, 6.07) is 8.84. The van der Waals surface area contributed by atoms with Gasteiger partial charge in [-0.2, -0.15) is 0 Å². The SMILES string of the molecule is CCC1=C(C(=O)OC(F)(F)F)C(CN2C(=O)c3cccc4cccc(c34)C2=O)NC(=S)N1. The summed E-state index contributed by atoms with van der Waals surface area (Å²) in [5.74, 6) is -2.87. The van der Waals surface area contributed by atoms with Gasteiger partial charge in [-0.05, 0) is 36.2 Å². The van der Waals surface area contributed by atoms with Gasteiger partial charge in [0, 0.05) is 22.2 Å². The molecule has 1 unspecified atom stereocenters. The van der Waals surface area contributed by atoms with Crippen molar-refractivity contribution in [3.63, 3.8) is 0 Å². The molecule has 2 aromatic carbocycles. The molecule has 0 spiro atoms. The summed E-state index contributed by atoms with van der Waals surface area (Å²) < 4.78 is 41.8. The molecule has 2 N–H and O–H groups in total. The van der Waals surface area contributed by atoms with Gasteiger partial charge in [-0.15, -0.1) is 13.2 Å². The van der Waals surface area contributed by atoms with Crippen molar-refractivity contribution in [2.75, 3.05) is 6.54 Å². The second kappa shape index (κ2) is 7.90. The highest BCUT2D eigenvalue weighted by atomic mass is 32.1. The Morgan fingerprint density at radius 3 is 2.25 bits per heavy atom. The van der Waals surface area contributed by atoms with E-state index in [1.165, 1.54) is 0 Å². The maximum atomic E-state index is 13.1. The fourth-order valence-corrected chi connectivity index (χ4v) is 4.22. The Morgan fingerprint density at radius 2 is 1.72 bits per heavy atom. The number of carbonyl (C=O) groups excluding carboxylic acids is 3. The number of hydrogen-bond acceptors (Lipinski definition) is 5. The summed E-state index contributed by atoms with van der Waals surface area (Å²) in [6.07, 6.45) is -5.05. The van der Waals surface area contributed by atoms with Crippen molar-refractivity contribution in [2.24, 2.45) is 0 Å². The van der Waals surface area contributed by atoms with E-state index in [1.807, 2.05) is 0 Å². The summed E-state index contributed by atoms with van der Waals surface area (Å²) in [4.78, 5) is 39.5. The number of rotatable bonds is 4. The third-order valence-corrected chi connectivity index (χ3v) is 5.47. The number of imide groups is 1. The van der Waals surface area contributed by atoms with Crippen LogP contribution >= 0.6 is 12.2 Å². The highest BCUT2D eigenvalue weighted by Crippen LogP contribution is 2.31. The normalized spacial score (nSPS) is 18.6. The van der Waals surface area contributed by atoms with Crippen molar-refractivity contribution in [1.82, 2.24) is 15.5 Å². The number of allylic oxidation sites excluding steroid dienone is 1. The Hall–Kier alpha value is -3.47. The topological polar surface area (TPSA) is 87.7 Å². The summed E-state index contributed by atoms with van der Waals surface area (Å²) in [7, 11) is 0. The molecule has 0 saturated heterocycles. The van der Waals surface area contributed by atoms with Crippen LogP contribution in [0.4, 0.5) is 13.2 Å². The molecular formula is C21H16F3N3O4S. The highest BCUT2D eigenvalue weighted by molar-refractivity contribution is 7.80. The molecule has 2 aromatic rings. The van der Waals surface area contributed by atoms with E-state index < -0.39 is 36.7 Å². The number of hydrogen-bond donors (Lipinski definition) is 2.